The molecule has 0 radical (unpaired) electrons. The molecule has 6 N–H and O–H groups in total. The van der Waals surface area contributed by atoms with Gasteiger partial charge in [-0.3, -0.25) is 28.5 Å². The fourth-order valence-corrected chi connectivity index (χ4v) is 9.12. The summed E-state index contributed by atoms with van der Waals surface area (Å²) in [6.07, 6.45) is 11.1. The molecule has 0 aliphatic heterocycles. The number of hydrogen-bond acceptors (Lipinski definition) is 18. The van der Waals surface area contributed by atoms with Gasteiger partial charge in [0.1, 0.15) is 11.6 Å². The van der Waals surface area contributed by atoms with Gasteiger partial charge in [-0.15, -0.1) is 0 Å². The van der Waals surface area contributed by atoms with Crippen molar-refractivity contribution >= 4 is 57.3 Å². The smallest absolute Gasteiger partial charge is 0.315 e. The molecule has 28 heteroatoms. The lowest BCUT2D eigenvalue weighted by Gasteiger charge is -2.14. The summed E-state index contributed by atoms with van der Waals surface area (Å²) < 4.78 is 45.8. The summed E-state index contributed by atoms with van der Waals surface area (Å²) in [6.45, 7) is 13.8. The van der Waals surface area contributed by atoms with Crippen molar-refractivity contribution in [2.45, 2.75) is 78.4 Å². The number of carbonyl (C=O) groups excluding carboxylic acids is 4. The van der Waals surface area contributed by atoms with Crippen molar-refractivity contribution in [3.05, 3.63) is 143 Å². The SMILES string of the molecule is CC(c1cc(-c2ccc(CNC(=O)c3nc(C(C)(C)C)no3)c(F)c2)c2[nH]c(-c3nn(C)cc3NC(=O)/C=C/CN(C)C)nc2n1)n1cc(NC(=O)/C=C/CN(C)C)c(-c2nc3nccc(-c4ccc(CNC(=O)c5nc(C(C)(C)C)no5)c(F)c4)c3[nH]2)n1. The normalized spacial score (nSPS) is 12.6. The third-order valence-electron chi connectivity index (χ3n) is 13.9. The van der Waals surface area contributed by atoms with E-state index in [1.807, 2.05) is 86.5 Å². The van der Waals surface area contributed by atoms with Crippen molar-refractivity contribution < 1.29 is 37.0 Å². The summed E-state index contributed by atoms with van der Waals surface area (Å²) in [6, 6.07) is 11.9. The minimum Gasteiger partial charge on any atom is -0.344 e. The van der Waals surface area contributed by atoms with Gasteiger partial charge in [-0.2, -0.15) is 20.2 Å². The topological polar surface area (TPSA) is 320 Å². The Morgan fingerprint density at radius 2 is 1.13 bits per heavy atom. The fraction of sp³-hybridized carbons (Fsp3) is 0.311. The van der Waals surface area contributed by atoms with Crippen molar-refractivity contribution in [3.8, 4) is 45.3 Å². The van der Waals surface area contributed by atoms with E-state index < -0.39 is 46.2 Å². The van der Waals surface area contributed by atoms with E-state index in [0.717, 1.165) is 0 Å². The molecule has 10 rings (SSSR count). The summed E-state index contributed by atoms with van der Waals surface area (Å²) in [4.78, 5) is 90.9. The van der Waals surface area contributed by atoms with Gasteiger partial charge in [-0.25, -0.2) is 28.7 Å². The first-order valence-corrected chi connectivity index (χ1v) is 28.2. The number of imidazole rings is 2. The number of benzene rings is 2. The molecule has 0 aliphatic carbocycles. The van der Waals surface area contributed by atoms with E-state index in [0.29, 0.717) is 75.1 Å². The van der Waals surface area contributed by atoms with Gasteiger partial charge < -0.3 is 50.1 Å². The molecule has 2 aromatic carbocycles. The predicted molar refractivity (Wildman–Crippen MR) is 327 cm³/mol. The molecule has 0 spiro atoms. The average Bonchev–Trinajstić information content (AvgIpc) is 1.74. The molecule has 4 amide bonds. The Morgan fingerprint density at radius 1 is 0.640 bits per heavy atom. The number of amides is 4. The van der Waals surface area contributed by atoms with Gasteiger partial charge in [-0.05, 0) is 70.5 Å². The molecule has 0 saturated carbocycles. The van der Waals surface area contributed by atoms with Gasteiger partial charge in [0.05, 0.1) is 40.3 Å². The standard InChI is InChI=1S/C61H66F2N20O6/c1-32(83-31-43(68-45(85)16-14-24-81(10)11)49(77-83)53-70-46-37(21-22-64-50(46)72-53)33-17-19-35(39(62)25-33)28-65-54(86)56-74-58(78-88-56)60(2,3)4)41-27-38(34-18-20-36(40(63)26-34)29-66-55(87)57-75-59(79-89-57)61(5,6)7)47-51(69-41)73-52(71-47)48-42(30-82(12)76-48)67-44(84)15-13-23-80(8)9/h13-22,25-27,30-32H,23-24,28-29H2,1-12H3,(H,65,86)(H,66,87)(H,67,84)(H,68,85)(H,64,70,72)(H,69,71,73)/b15-13+,16-14+. The molecule has 8 heterocycles. The van der Waals surface area contributed by atoms with E-state index in [-0.39, 0.29) is 76.2 Å². The van der Waals surface area contributed by atoms with E-state index >= 15 is 8.78 Å². The molecule has 460 valence electrons. The number of aromatic nitrogens is 14. The maximum Gasteiger partial charge on any atom is 0.315 e. The van der Waals surface area contributed by atoms with E-state index in [1.54, 1.807) is 72.7 Å². The maximum absolute atomic E-state index is 16.4. The first-order chi connectivity index (χ1) is 42.3. The average molecular weight is 1210 g/mol. The summed E-state index contributed by atoms with van der Waals surface area (Å²) in [5, 5.41) is 28.6. The van der Waals surface area contributed by atoms with Crippen LogP contribution in [-0.2, 0) is 40.6 Å². The Balaban J connectivity index is 1.00. The van der Waals surface area contributed by atoms with E-state index in [1.165, 1.54) is 35.2 Å². The molecular weight excluding hydrogens is 1150 g/mol. The van der Waals surface area contributed by atoms with Gasteiger partial charge in [0.15, 0.2) is 46.0 Å². The lowest BCUT2D eigenvalue weighted by atomic mass is 9.96. The molecule has 10 aromatic rings. The van der Waals surface area contributed by atoms with E-state index in [9.17, 15) is 19.2 Å². The predicted octanol–water partition coefficient (Wildman–Crippen LogP) is 8.05. The second-order valence-corrected chi connectivity index (χ2v) is 23.8. The Bertz CT molecular complexity index is 4380. The summed E-state index contributed by atoms with van der Waals surface area (Å²) in [7, 11) is 9.23. The summed E-state index contributed by atoms with van der Waals surface area (Å²) >= 11 is 0. The molecule has 0 bridgehead atoms. The number of nitrogens with zero attached hydrogens (tertiary/aromatic N) is 14. The number of halogens is 2. The quantitative estimate of drug-likeness (QED) is 0.0393. The molecular formula is C61H66F2N20O6. The Hall–Kier alpha value is -10.5. The van der Waals surface area contributed by atoms with E-state index in [2.05, 4.69) is 61.6 Å². The Morgan fingerprint density at radius 3 is 1.64 bits per heavy atom. The number of H-pyrrole nitrogens is 2. The number of carbonyl (C=O) groups is 4. The zero-order chi connectivity index (χ0) is 63.6. The highest BCUT2D eigenvalue weighted by molar-refractivity contribution is 6.03. The van der Waals surface area contributed by atoms with Gasteiger partial charge in [0, 0.05) is 90.9 Å². The number of anilines is 2. The largest absolute Gasteiger partial charge is 0.344 e. The molecule has 1 atom stereocenters. The number of nitrogens with one attached hydrogen (secondary N) is 6. The van der Waals surface area contributed by atoms with E-state index in [4.69, 9.17) is 29.1 Å². The van der Waals surface area contributed by atoms with Crippen LogP contribution in [0.5, 0.6) is 0 Å². The molecule has 26 nitrogen and oxygen atoms in total. The summed E-state index contributed by atoms with van der Waals surface area (Å²) in [5.74, 6) is -2.73. The maximum atomic E-state index is 16.4. The Kier molecular flexibility index (Phi) is 17.4. The number of pyridine rings is 2. The van der Waals surface area contributed by atoms with Crippen LogP contribution in [0.4, 0.5) is 20.2 Å². The molecule has 0 saturated heterocycles. The highest BCUT2D eigenvalue weighted by Gasteiger charge is 2.28. The molecule has 89 heavy (non-hydrogen) atoms. The first kappa shape index (κ1) is 61.6. The van der Waals surface area contributed by atoms with Crippen LogP contribution in [0.15, 0.2) is 100 Å². The second-order valence-electron chi connectivity index (χ2n) is 23.8. The number of likely N-dealkylation sites (N-methyl/N-ethyl adjacent to an activating group) is 2. The van der Waals surface area contributed by atoms with Crippen LogP contribution in [0, 0.1) is 11.6 Å². The third-order valence-corrected chi connectivity index (χ3v) is 13.9. The van der Waals surface area contributed by atoms with Crippen LogP contribution in [-0.4, -0.2) is 144 Å². The second kappa shape index (κ2) is 25.1. The number of aryl methyl sites for hydroxylation is 1. The number of aromatic amines is 2. The zero-order valence-corrected chi connectivity index (χ0v) is 51.0. The van der Waals surface area contributed by atoms with Crippen molar-refractivity contribution in [3.63, 3.8) is 0 Å². The highest BCUT2D eigenvalue weighted by atomic mass is 19.1. The van der Waals surface area contributed by atoms with Crippen molar-refractivity contribution in [2.75, 3.05) is 51.9 Å². The molecule has 0 fully saturated rings. The van der Waals surface area contributed by atoms with Gasteiger partial charge in [0.25, 0.3) is 0 Å². The third kappa shape index (κ3) is 14.0. The Labute approximate surface area is 508 Å². The molecule has 1 unspecified atom stereocenters. The molecule has 0 aliphatic rings. The van der Waals surface area contributed by atoms with Crippen LogP contribution in [0.1, 0.15) is 104 Å². The van der Waals surface area contributed by atoms with Crippen LogP contribution >= 0.6 is 0 Å². The fourth-order valence-electron chi connectivity index (χ4n) is 9.12. The lowest BCUT2D eigenvalue weighted by molar-refractivity contribution is -0.112. The van der Waals surface area contributed by atoms with Gasteiger partial charge in [-0.1, -0.05) is 88.3 Å². The van der Waals surface area contributed by atoms with Gasteiger partial charge in [0.2, 0.25) is 11.8 Å². The number of fused-ring (bicyclic) bond motifs is 2. The highest BCUT2D eigenvalue weighted by Crippen LogP contribution is 2.37. The molecule has 8 aromatic heterocycles. The van der Waals surface area contributed by atoms with Crippen molar-refractivity contribution in [1.29, 1.82) is 0 Å². The van der Waals surface area contributed by atoms with Gasteiger partial charge >= 0.3 is 23.6 Å². The first-order valence-electron chi connectivity index (χ1n) is 28.2. The van der Waals surface area contributed by atoms with Crippen molar-refractivity contribution in [1.82, 2.24) is 90.2 Å². The minimum absolute atomic E-state index is 0.161. The number of hydrogen-bond donors (Lipinski definition) is 6. The van der Waals surface area contributed by atoms with Crippen LogP contribution in [0.2, 0.25) is 0 Å². The monoisotopic (exact) mass is 1210 g/mol. The number of rotatable bonds is 20. The van der Waals surface area contributed by atoms with Crippen LogP contribution < -0.4 is 21.3 Å². The van der Waals surface area contributed by atoms with Crippen LogP contribution in [0.3, 0.4) is 0 Å². The summed E-state index contributed by atoms with van der Waals surface area (Å²) in [5.41, 5.74) is 4.17. The van der Waals surface area contributed by atoms with Crippen LogP contribution in [0.25, 0.3) is 67.6 Å². The zero-order valence-electron chi connectivity index (χ0n) is 51.0. The minimum atomic E-state index is -0.731. The lowest BCUT2D eigenvalue weighted by Crippen LogP contribution is -2.24. The van der Waals surface area contributed by atoms with Crippen molar-refractivity contribution in [2.24, 2.45) is 7.05 Å².